The molecule has 3 fully saturated rings. The van der Waals surface area contributed by atoms with E-state index in [4.69, 9.17) is 0 Å². The number of benzene rings is 1. The molecular weight excluding hydrogens is 360 g/mol. The number of amides is 1. The van der Waals surface area contributed by atoms with Crippen LogP contribution in [0.3, 0.4) is 0 Å². The molecule has 29 heavy (non-hydrogen) atoms. The first-order valence-corrected chi connectivity index (χ1v) is 11.3. The highest BCUT2D eigenvalue weighted by atomic mass is 16.2. The minimum atomic E-state index is 0.136. The largest absolute Gasteiger partial charge is 0.371 e. The van der Waals surface area contributed by atoms with Crippen molar-refractivity contribution in [3.05, 3.63) is 36.0 Å². The second kappa shape index (κ2) is 7.94. The van der Waals surface area contributed by atoms with Crippen molar-refractivity contribution in [3.63, 3.8) is 0 Å². The molecule has 0 radical (unpaired) electrons. The first kappa shape index (κ1) is 18.9. The van der Waals surface area contributed by atoms with Crippen molar-refractivity contribution in [2.24, 2.45) is 5.92 Å². The first-order valence-electron chi connectivity index (χ1n) is 11.3. The summed E-state index contributed by atoms with van der Waals surface area (Å²) < 4.78 is 0. The minimum Gasteiger partial charge on any atom is -0.371 e. The topological polar surface area (TPSA) is 39.7 Å². The number of aromatic nitrogens is 1. The molecule has 2 saturated heterocycles. The fourth-order valence-corrected chi connectivity index (χ4v) is 5.14. The van der Waals surface area contributed by atoms with E-state index in [1.165, 1.54) is 30.3 Å². The molecule has 1 amide bonds. The summed E-state index contributed by atoms with van der Waals surface area (Å²) in [6.07, 6.45) is 6.17. The number of carbonyl (C=O) groups is 1. The van der Waals surface area contributed by atoms with E-state index in [9.17, 15) is 4.79 Å². The van der Waals surface area contributed by atoms with Crippen molar-refractivity contribution in [1.82, 2.24) is 14.8 Å². The molecule has 5 rings (SSSR count). The molecule has 0 spiro atoms. The van der Waals surface area contributed by atoms with E-state index in [2.05, 4.69) is 50.0 Å². The van der Waals surface area contributed by atoms with E-state index >= 15 is 0 Å². The molecule has 2 aromatic rings. The van der Waals surface area contributed by atoms with Gasteiger partial charge < -0.3 is 9.80 Å². The zero-order chi connectivity index (χ0) is 19.8. The van der Waals surface area contributed by atoms with E-state index in [0.29, 0.717) is 5.91 Å². The summed E-state index contributed by atoms with van der Waals surface area (Å²) >= 11 is 0. The van der Waals surface area contributed by atoms with Crippen molar-refractivity contribution in [3.8, 4) is 0 Å². The highest BCUT2D eigenvalue weighted by Crippen LogP contribution is 2.29. The molecule has 5 nitrogen and oxygen atoms in total. The molecule has 1 unspecified atom stereocenters. The predicted molar refractivity (Wildman–Crippen MR) is 117 cm³/mol. The van der Waals surface area contributed by atoms with Crippen molar-refractivity contribution in [2.75, 3.05) is 44.2 Å². The summed E-state index contributed by atoms with van der Waals surface area (Å²) in [5, 5.41) is 1.17. The normalized spacial score (nSPS) is 24.0. The molecule has 1 atom stereocenters. The molecule has 3 aliphatic rings. The van der Waals surface area contributed by atoms with Gasteiger partial charge in [0.05, 0.1) is 11.4 Å². The highest BCUT2D eigenvalue weighted by Gasteiger charge is 2.33. The number of fused-ring (bicyclic) bond motifs is 1. The summed E-state index contributed by atoms with van der Waals surface area (Å²) in [5.41, 5.74) is 3.30. The van der Waals surface area contributed by atoms with Crippen LogP contribution in [0.2, 0.25) is 0 Å². The van der Waals surface area contributed by atoms with Crippen molar-refractivity contribution in [1.29, 1.82) is 0 Å². The van der Waals surface area contributed by atoms with Crippen LogP contribution in [0, 0.1) is 12.8 Å². The SMILES string of the molecule is Cc1ccc2cc(N3CCC(C(=O)N4CCCN(C5CCC5)CC4)C3)ccc2n1. The Balaban J connectivity index is 1.22. The summed E-state index contributed by atoms with van der Waals surface area (Å²) in [6.45, 7) is 7.89. The maximum atomic E-state index is 13.2. The van der Waals surface area contributed by atoms with Gasteiger partial charge in [0.15, 0.2) is 0 Å². The van der Waals surface area contributed by atoms with E-state index in [1.54, 1.807) is 0 Å². The lowest BCUT2D eigenvalue weighted by Crippen LogP contribution is -2.43. The van der Waals surface area contributed by atoms with Gasteiger partial charge in [-0.2, -0.15) is 0 Å². The van der Waals surface area contributed by atoms with Crippen LogP contribution in [0.1, 0.15) is 37.8 Å². The maximum absolute atomic E-state index is 13.2. The van der Waals surface area contributed by atoms with Crippen LogP contribution in [-0.4, -0.2) is 66.0 Å². The monoisotopic (exact) mass is 392 g/mol. The summed E-state index contributed by atoms with van der Waals surface area (Å²) in [5.74, 6) is 0.512. The number of anilines is 1. The molecule has 1 aliphatic carbocycles. The van der Waals surface area contributed by atoms with Crippen LogP contribution in [0.5, 0.6) is 0 Å². The number of aryl methyl sites for hydroxylation is 1. The van der Waals surface area contributed by atoms with Gasteiger partial charge in [-0.3, -0.25) is 14.7 Å². The van der Waals surface area contributed by atoms with Crippen molar-refractivity contribution in [2.45, 2.75) is 45.1 Å². The third-order valence-electron chi connectivity index (χ3n) is 7.15. The van der Waals surface area contributed by atoms with Gasteiger partial charge in [0.1, 0.15) is 0 Å². The zero-order valence-electron chi connectivity index (χ0n) is 17.5. The smallest absolute Gasteiger partial charge is 0.227 e. The number of rotatable bonds is 3. The fourth-order valence-electron chi connectivity index (χ4n) is 5.14. The van der Waals surface area contributed by atoms with Crippen LogP contribution in [-0.2, 0) is 4.79 Å². The van der Waals surface area contributed by atoms with Gasteiger partial charge in [-0.15, -0.1) is 0 Å². The van der Waals surface area contributed by atoms with Crippen LogP contribution >= 0.6 is 0 Å². The Morgan fingerprint density at radius 2 is 1.86 bits per heavy atom. The molecule has 1 aromatic carbocycles. The fraction of sp³-hybridized carbons (Fsp3) is 0.583. The molecule has 3 heterocycles. The predicted octanol–water partition coefficient (Wildman–Crippen LogP) is 3.46. The molecule has 154 valence electrons. The third kappa shape index (κ3) is 3.85. The summed E-state index contributed by atoms with van der Waals surface area (Å²) in [4.78, 5) is 25.0. The molecule has 5 heteroatoms. The van der Waals surface area contributed by atoms with Crippen LogP contribution in [0.4, 0.5) is 5.69 Å². The van der Waals surface area contributed by atoms with Crippen molar-refractivity contribution < 1.29 is 4.79 Å². The maximum Gasteiger partial charge on any atom is 0.227 e. The van der Waals surface area contributed by atoms with Gasteiger partial charge in [-0.1, -0.05) is 12.5 Å². The lowest BCUT2D eigenvalue weighted by Gasteiger charge is -2.36. The summed E-state index contributed by atoms with van der Waals surface area (Å²) in [7, 11) is 0. The molecule has 1 saturated carbocycles. The number of hydrogen-bond acceptors (Lipinski definition) is 4. The van der Waals surface area contributed by atoms with Gasteiger partial charge in [-0.05, 0) is 56.9 Å². The van der Waals surface area contributed by atoms with Crippen LogP contribution < -0.4 is 4.90 Å². The minimum absolute atomic E-state index is 0.136. The quantitative estimate of drug-likeness (QED) is 0.802. The van der Waals surface area contributed by atoms with E-state index in [0.717, 1.165) is 69.4 Å². The average molecular weight is 393 g/mol. The van der Waals surface area contributed by atoms with Gasteiger partial charge in [0, 0.05) is 62.1 Å². The van der Waals surface area contributed by atoms with Gasteiger partial charge in [-0.25, -0.2) is 0 Å². The van der Waals surface area contributed by atoms with E-state index < -0.39 is 0 Å². The Morgan fingerprint density at radius 3 is 2.69 bits per heavy atom. The van der Waals surface area contributed by atoms with Crippen LogP contribution in [0.25, 0.3) is 10.9 Å². The molecule has 0 bridgehead atoms. The van der Waals surface area contributed by atoms with Crippen LogP contribution in [0.15, 0.2) is 30.3 Å². The van der Waals surface area contributed by atoms with Crippen molar-refractivity contribution >= 4 is 22.5 Å². The van der Waals surface area contributed by atoms with E-state index in [-0.39, 0.29) is 5.92 Å². The molecular formula is C24H32N4O. The lowest BCUT2D eigenvalue weighted by molar-refractivity contribution is -0.134. The average Bonchev–Trinajstić information content (AvgIpc) is 3.06. The second-order valence-corrected chi connectivity index (χ2v) is 9.06. The van der Waals surface area contributed by atoms with Gasteiger partial charge in [0.2, 0.25) is 5.91 Å². The van der Waals surface area contributed by atoms with Gasteiger partial charge in [0.25, 0.3) is 0 Å². The summed E-state index contributed by atoms with van der Waals surface area (Å²) in [6, 6.07) is 11.5. The lowest BCUT2D eigenvalue weighted by atomic mass is 9.91. The molecule has 1 aromatic heterocycles. The second-order valence-electron chi connectivity index (χ2n) is 9.06. The Hall–Kier alpha value is -2.14. The number of carbonyl (C=O) groups excluding carboxylic acids is 1. The number of hydrogen-bond donors (Lipinski definition) is 0. The zero-order valence-corrected chi connectivity index (χ0v) is 17.5. The highest BCUT2D eigenvalue weighted by molar-refractivity contribution is 5.84. The first-order chi connectivity index (χ1) is 14.2. The van der Waals surface area contributed by atoms with Gasteiger partial charge >= 0.3 is 0 Å². The number of pyridine rings is 1. The Labute approximate surface area is 173 Å². The third-order valence-corrected chi connectivity index (χ3v) is 7.15. The molecule has 2 aliphatic heterocycles. The Kier molecular flexibility index (Phi) is 5.17. The van der Waals surface area contributed by atoms with E-state index in [1.807, 2.05) is 6.92 Å². The Morgan fingerprint density at radius 1 is 0.966 bits per heavy atom. The number of nitrogens with zero attached hydrogens (tertiary/aromatic N) is 4. The molecule has 0 N–H and O–H groups in total. The standard InChI is InChI=1S/C24H32N4O/c1-18-6-7-19-16-22(8-9-23(19)25-18)28-13-10-20(17-28)24(29)27-12-3-11-26(14-15-27)21-4-2-5-21/h6-9,16,20-21H,2-5,10-15,17H2,1H3. The Bertz CT molecular complexity index is 894.